The fourth-order valence-corrected chi connectivity index (χ4v) is 2.88. The van der Waals surface area contributed by atoms with E-state index in [1.165, 1.54) is 18.2 Å². The van der Waals surface area contributed by atoms with E-state index in [9.17, 15) is 18.4 Å². The summed E-state index contributed by atoms with van der Waals surface area (Å²) in [7, 11) is 0. The Labute approximate surface area is 164 Å². The summed E-state index contributed by atoms with van der Waals surface area (Å²) in [6.07, 6.45) is 0. The van der Waals surface area contributed by atoms with Crippen molar-refractivity contribution in [3.8, 4) is 5.75 Å². The van der Waals surface area contributed by atoms with Crippen molar-refractivity contribution in [3.05, 3.63) is 53.1 Å². The second-order valence-electron chi connectivity index (χ2n) is 5.48. The number of carbonyl (C=O) groups is 2. The van der Waals surface area contributed by atoms with Crippen molar-refractivity contribution in [3.63, 3.8) is 0 Å². The van der Waals surface area contributed by atoms with Gasteiger partial charge in [-0.1, -0.05) is 29.3 Å². The molecule has 5 nitrogen and oxygen atoms in total. The average molecular weight is 415 g/mol. The summed E-state index contributed by atoms with van der Waals surface area (Å²) in [5, 5.41) is 5.27. The maximum atomic E-state index is 12.2. The largest absolute Gasteiger partial charge is 0.433 e. The SMILES string of the molecule is Cc1ccc(NC(=O)CSCC(=O)Nc2ccc(OC(F)F)c(Cl)c2)cc1. The van der Waals surface area contributed by atoms with Crippen LogP contribution < -0.4 is 15.4 Å². The molecule has 2 aromatic carbocycles. The highest BCUT2D eigenvalue weighted by Gasteiger charge is 2.11. The van der Waals surface area contributed by atoms with Crippen molar-refractivity contribution in [2.24, 2.45) is 0 Å². The van der Waals surface area contributed by atoms with Crippen molar-refractivity contribution in [1.29, 1.82) is 0 Å². The number of carbonyl (C=O) groups excluding carboxylic acids is 2. The normalized spacial score (nSPS) is 10.6. The molecule has 27 heavy (non-hydrogen) atoms. The number of thioether (sulfide) groups is 1. The third kappa shape index (κ3) is 7.44. The van der Waals surface area contributed by atoms with Crippen molar-refractivity contribution < 1.29 is 23.1 Å². The first-order valence-electron chi connectivity index (χ1n) is 7.82. The van der Waals surface area contributed by atoms with E-state index in [1.54, 1.807) is 12.1 Å². The van der Waals surface area contributed by atoms with Crippen LogP contribution in [-0.4, -0.2) is 29.9 Å². The van der Waals surface area contributed by atoms with Gasteiger partial charge >= 0.3 is 6.61 Å². The minimum Gasteiger partial charge on any atom is -0.433 e. The fraction of sp³-hybridized carbons (Fsp3) is 0.222. The van der Waals surface area contributed by atoms with Crippen LogP contribution in [0.2, 0.25) is 5.02 Å². The molecule has 0 aliphatic rings. The van der Waals surface area contributed by atoms with Gasteiger partial charge in [0.05, 0.1) is 16.5 Å². The molecule has 0 radical (unpaired) electrons. The van der Waals surface area contributed by atoms with E-state index in [0.29, 0.717) is 11.4 Å². The molecule has 2 N–H and O–H groups in total. The first-order chi connectivity index (χ1) is 12.8. The van der Waals surface area contributed by atoms with Gasteiger partial charge in [-0.25, -0.2) is 0 Å². The molecule has 2 rings (SSSR count). The van der Waals surface area contributed by atoms with E-state index >= 15 is 0 Å². The van der Waals surface area contributed by atoms with Gasteiger partial charge in [0.25, 0.3) is 0 Å². The Morgan fingerprint density at radius 3 is 2.15 bits per heavy atom. The number of amides is 2. The van der Waals surface area contributed by atoms with Crippen molar-refractivity contribution in [1.82, 2.24) is 0 Å². The summed E-state index contributed by atoms with van der Waals surface area (Å²) in [6, 6.07) is 11.3. The van der Waals surface area contributed by atoms with Crippen LogP contribution in [0.1, 0.15) is 5.56 Å². The number of hydrogen-bond acceptors (Lipinski definition) is 4. The minimum absolute atomic E-state index is 0.0433. The van der Waals surface area contributed by atoms with Crippen LogP contribution in [-0.2, 0) is 9.59 Å². The van der Waals surface area contributed by atoms with Gasteiger partial charge in [0.1, 0.15) is 5.75 Å². The van der Waals surface area contributed by atoms with E-state index < -0.39 is 6.61 Å². The van der Waals surface area contributed by atoms with Crippen LogP contribution in [0.4, 0.5) is 20.2 Å². The van der Waals surface area contributed by atoms with E-state index in [0.717, 1.165) is 17.3 Å². The number of halogens is 3. The van der Waals surface area contributed by atoms with E-state index in [-0.39, 0.29) is 34.1 Å². The van der Waals surface area contributed by atoms with Gasteiger partial charge < -0.3 is 15.4 Å². The molecule has 2 amide bonds. The highest BCUT2D eigenvalue weighted by molar-refractivity contribution is 8.00. The molecule has 0 heterocycles. The molecule has 0 saturated heterocycles. The van der Waals surface area contributed by atoms with Crippen LogP contribution in [0.5, 0.6) is 5.75 Å². The summed E-state index contributed by atoms with van der Waals surface area (Å²) in [5.41, 5.74) is 2.13. The number of hydrogen-bond donors (Lipinski definition) is 2. The molecule has 0 aliphatic heterocycles. The van der Waals surface area contributed by atoms with Gasteiger partial charge in [-0.15, -0.1) is 11.8 Å². The van der Waals surface area contributed by atoms with Crippen molar-refractivity contribution >= 4 is 46.6 Å². The predicted octanol–water partition coefficient (Wildman–Crippen LogP) is 4.56. The Hall–Kier alpha value is -2.32. The number of alkyl halides is 2. The number of anilines is 2. The van der Waals surface area contributed by atoms with E-state index in [2.05, 4.69) is 15.4 Å². The second-order valence-corrected chi connectivity index (χ2v) is 6.87. The molecule has 0 saturated carbocycles. The quantitative estimate of drug-likeness (QED) is 0.664. The number of aryl methyl sites for hydroxylation is 1. The highest BCUT2D eigenvalue weighted by Crippen LogP contribution is 2.29. The van der Waals surface area contributed by atoms with Gasteiger partial charge in [0.2, 0.25) is 11.8 Å². The number of ether oxygens (including phenoxy) is 1. The summed E-state index contributed by atoms with van der Waals surface area (Å²) in [4.78, 5) is 23.8. The van der Waals surface area contributed by atoms with Crippen molar-refractivity contribution in [2.75, 3.05) is 22.1 Å². The molecule has 9 heteroatoms. The molecule has 0 aliphatic carbocycles. The van der Waals surface area contributed by atoms with Gasteiger partial charge in [-0.3, -0.25) is 9.59 Å². The lowest BCUT2D eigenvalue weighted by molar-refractivity contribution is -0.114. The Balaban J connectivity index is 1.75. The van der Waals surface area contributed by atoms with Crippen LogP contribution in [0.3, 0.4) is 0 Å². The first kappa shape index (κ1) is 21.0. The molecule has 2 aromatic rings. The average Bonchev–Trinajstić information content (AvgIpc) is 2.59. The second kappa shape index (κ2) is 10.1. The van der Waals surface area contributed by atoms with Gasteiger partial charge in [-0.05, 0) is 37.3 Å². The monoisotopic (exact) mass is 414 g/mol. The van der Waals surface area contributed by atoms with Crippen LogP contribution in [0.25, 0.3) is 0 Å². The topological polar surface area (TPSA) is 67.4 Å². The van der Waals surface area contributed by atoms with E-state index in [1.807, 2.05) is 19.1 Å². The third-order valence-corrected chi connectivity index (χ3v) is 4.46. The smallest absolute Gasteiger partial charge is 0.387 e. The first-order valence-corrected chi connectivity index (χ1v) is 9.35. The molecule has 0 atom stereocenters. The molecule has 0 bridgehead atoms. The van der Waals surface area contributed by atoms with Crippen molar-refractivity contribution in [2.45, 2.75) is 13.5 Å². The molecule has 0 unspecified atom stereocenters. The Bertz CT molecular complexity index is 804. The molecular weight excluding hydrogens is 398 g/mol. The summed E-state index contributed by atoms with van der Waals surface area (Å²) in [6.45, 7) is -1.03. The standard InChI is InChI=1S/C18H17ClF2N2O3S/c1-11-2-4-12(5-3-11)22-16(24)9-27-10-17(25)23-13-6-7-15(14(19)8-13)26-18(20)21/h2-8,18H,9-10H2,1H3,(H,22,24)(H,23,25). The molecule has 0 spiro atoms. The minimum atomic E-state index is -2.98. The maximum absolute atomic E-state index is 12.2. The lowest BCUT2D eigenvalue weighted by Gasteiger charge is -2.09. The van der Waals surface area contributed by atoms with Crippen LogP contribution >= 0.6 is 23.4 Å². The third-order valence-electron chi connectivity index (χ3n) is 3.23. The van der Waals surface area contributed by atoms with Gasteiger partial charge in [-0.2, -0.15) is 8.78 Å². The van der Waals surface area contributed by atoms with Gasteiger partial charge in [0.15, 0.2) is 0 Å². The van der Waals surface area contributed by atoms with E-state index in [4.69, 9.17) is 11.6 Å². The lowest BCUT2D eigenvalue weighted by Crippen LogP contribution is -2.18. The number of rotatable bonds is 8. The summed E-state index contributed by atoms with van der Waals surface area (Å²) in [5.74, 6) is -0.570. The Kier molecular flexibility index (Phi) is 7.87. The molecule has 144 valence electrons. The Morgan fingerprint density at radius 2 is 1.59 bits per heavy atom. The molecular formula is C18H17ClF2N2O3S. The fourth-order valence-electron chi connectivity index (χ4n) is 2.04. The highest BCUT2D eigenvalue weighted by atomic mass is 35.5. The molecule has 0 fully saturated rings. The predicted molar refractivity (Wildman–Crippen MR) is 104 cm³/mol. The zero-order valence-corrected chi connectivity index (χ0v) is 15.9. The van der Waals surface area contributed by atoms with Crippen LogP contribution in [0, 0.1) is 6.92 Å². The number of nitrogens with one attached hydrogen (secondary N) is 2. The van der Waals surface area contributed by atoms with Gasteiger partial charge in [0, 0.05) is 11.4 Å². The zero-order valence-electron chi connectivity index (χ0n) is 14.3. The molecule has 0 aromatic heterocycles. The summed E-state index contributed by atoms with van der Waals surface area (Å²) >= 11 is 6.97. The summed E-state index contributed by atoms with van der Waals surface area (Å²) < 4.78 is 28.6. The zero-order chi connectivity index (χ0) is 19.8. The number of benzene rings is 2. The lowest BCUT2D eigenvalue weighted by atomic mass is 10.2. The van der Waals surface area contributed by atoms with Crippen LogP contribution in [0.15, 0.2) is 42.5 Å². The maximum Gasteiger partial charge on any atom is 0.387 e. The Morgan fingerprint density at radius 1 is 1.04 bits per heavy atom.